The molecule has 0 spiro atoms. The van der Waals surface area contributed by atoms with Crippen molar-refractivity contribution in [1.29, 1.82) is 0 Å². The minimum absolute atomic E-state index is 0.0188. The monoisotopic (exact) mass is 330 g/mol. The normalized spacial score (nSPS) is 18.9. The molecule has 0 unspecified atom stereocenters. The molecule has 1 aromatic heterocycles. The van der Waals surface area contributed by atoms with E-state index in [-0.39, 0.29) is 24.3 Å². The van der Waals surface area contributed by atoms with Crippen LogP contribution in [0.25, 0.3) is 10.2 Å². The maximum absolute atomic E-state index is 12.4. The lowest BCUT2D eigenvalue weighted by Gasteiger charge is -2.41. The molecule has 0 bridgehead atoms. The molecular formula is C16H18N4O2S. The minimum Gasteiger partial charge on any atom is -0.353 e. The van der Waals surface area contributed by atoms with Crippen LogP contribution >= 0.6 is 11.3 Å². The van der Waals surface area contributed by atoms with E-state index in [9.17, 15) is 9.59 Å². The highest BCUT2D eigenvalue weighted by molar-refractivity contribution is 7.22. The predicted octanol–water partition coefficient (Wildman–Crippen LogP) is 0.999. The molecule has 2 aliphatic rings. The van der Waals surface area contributed by atoms with E-state index in [0.717, 1.165) is 10.6 Å². The molecule has 2 aromatic rings. The van der Waals surface area contributed by atoms with Crippen molar-refractivity contribution >= 4 is 38.5 Å². The summed E-state index contributed by atoms with van der Waals surface area (Å²) in [4.78, 5) is 32.3. The molecule has 2 fully saturated rings. The first kappa shape index (κ1) is 14.4. The molecule has 2 saturated heterocycles. The van der Waals surface area contributed by atoms with E-state index in [1.54, 1.807) is 16.2 Å². The van der Waals surface area contributed by atoms with Crippen LogP contribution in [0.1, 0.15) is 5.56 Å². The molecule has 23 heavy (non-hydrogen) atoms. The summed E-state index contributed by atoms with van der Waals surface area (Å²) in [5.41, 5.74) is 2.24. The fourth-order valence-electron chi connectivity index (χ4n) is 3.03. The number of hydrogen-bond donors (Lipinski definition) is 1. The second kappa shape index (κ2) is 5.49. The van der Waals surface area contributed by atoms with Gasteiger partial charge in [0.15, 0.2) is 5.13 Å². The molecule has 1 aromatic carbocycles. The zero-order valence-electron chi connectivity index (χ0n) is 12.9. The van der Waals surface area contributed by atoms with Crippen LogP contribution in [0.2, 0.25) is 0 Å². The number of rotatable bonds is 2. The Morgan fingerprint density at radius 2 is 2.22 bits per heavy atom. The molecule has 0 radical (unpaired) electrons. The first-order valence-corrected chi connectivity index (χ1v) is 8.59. The Morgan fingerprint density at radius 3 is 3.00 bits per heavy atom. The van der Waals surface area contributed by atoms with E-state index in [1.807, 2.05) is 6.07 Å². The van der Waals surface area contributed by atoms with Crippen molar-refractivity contribution in [1.82, 2.24) is 15.2 Å². The van der Waals surface area contributed by atoms with Crippen molar-refractivity contribution < 1.29 is 9.59 Å². The molecule has 0 aliphatic carbocycles. The molecule has 4 rings (SSSR count). The van der Waals surface area contributed by atoms with Gasteiger partial charge >= 0.3 is 0 Å². The molecule has 7 heteroatoms. The Balaban J connectivity index is 1.42. The van der Waals surface area contributed by atoms with Crippen molar-refractivity contribution in [2.45, 2.75) is 6.92 Å². The third-order valence-electron chi connectivity index (χ3n) is 4.38. The van der Waals surface area contributed by atoms with Gasteiger partial charge in [0.2, 0.25) is 11.8 Å². The molecule has 6 nitrogen and oxygen atoms in total. The first-order chi connectivity index (χ1) is 11.1. The van der Waals surface area contributed by atoms with E-state index in [1.165, 1.54) is 10.3 Å². The van der Waals surface area contributed by atoms with E-state index < -0.39 is 0 Å². The van der Waals surface area contributed by atoms with Crippen molar-refractivity contribution in [3.05, 3.63) is 23.8 Å². The summed E-state index contributed by atoms with van der Waals surface area (Å²) < 4.78 is 1.18. The number of benzene rings is 1. The molecular weight excluding hydrogens is 312 g/mol. The number of hydrogen-bond acceptors (Lipinski definition) is 5. The SMILES string of the molecule is Cc1ccc2nc(N3CC(C(=O)N4CCNC(=O)C4)C3)sc2c1. The molecule has 0 saturated carbocycles. The van der Waals surface area contributed by atoms with Crippen LogP contribution in [0.4, 0.5) is 5.13 Å². The van der Waals surface area contributed by atoms with Gasteiger partial charge in [-0.25, -0.2) is 4.98 Å². The first-order valence-electron chi connectivity index (χ1n) is 7.78. The summed E-state index contributed by atoms with van der Waals surface area (Å²) in [7, 11) is 0. The maximum Gasteiger partial charge on any atom is 0.239 e. The van der Waals surface area contributed by atoms with E-state index in [2.05, 4.69) is 34.3 Å². The topological polar surface area (TPSA) is 65.5 Å². The zero-order valence-corrected chi connectivity index (χ0v) is 13.7. The van der Waals surface area contributed by atoms with Gasteiger partial charge in [0.25, 0.3) is 0 Å². The highest BCUT2D eigenvalue weighted by Crippen LogP contribution is 2.33. The average molecular weight is 330 g/mol. The van der Waals surface area contributed by atoms with Gasteiger partial charge in [-0.2, -0.15) is 0 Å². The van der Waals surface area contributed by atoms with Crippen LogP contribution in [0, 0.1) is 12.8 Å². The Bertz CT molecular complexity index is 781. The second-order valence-electron chi connectivity index (χ2n) is 6.18. The van der Waals surface area contributed by atoms with Gasteiger partial charge in [-0.3, -0.25) is 9.59 Å². The fraction of sp³-hybridized carbons (Fsp3) is 0.438. The third-order valence-corrected chi connectivity index (χ3v) is 5.46. The lowest BCUT2D eigenvalue weighted by molar-refractivity contribution is -0.142. The molecule has 2 amide bonds. The highest BCUT2D eigenvalue weighted by atomic mass is 32.1. The number of carbonyl (C=O) groups excluding carboxylic acids is 2. The summed E-state index contributed by atoms with van der Waals surface area (Å²) in [6.07, 6.45) is 0. The highest BCUT2D eigenvalue weighted by Gasteiger charge is 2.37. The largest absolute Gasteiger partial charge is 0.353 e. The van der Waals surface area contributed by atoms with Crippen LogP contribution in [0.15, 0.2) is 18.2 Å². The van der Waals surface area contributed by atoms with E-state index in [0.29, 0.717) is 26.2 Å². The lowest BCUT2D eigenvalue weighted by Crippen LogP contribution is -2.58. The van der Waals surface area contributed by atoms with E-state index in [4.69, 9.17) is 0 Å². The summed E-state index contributed by atoms with van der Waals surface area (Å²) in [5.74, 6) is 0.00465. The summed E-state index contributed by atoms with van der Waals surface area (Å²) in [6, 6.07) is 6.25. The number of nitrogens with zero attached hydrogens (tertiary/aromatic N) is 3. The van der Waals surface area contributed by atoms with Gasteiger partial charge in [-0.1, -0.05) is 17.4 Å². The van der Waals surface area contributed by atoms with Crippen LogP contribution < -0.4 is 10.2 Å². The quantitative estimate of drug-likeness (QED) is 0.892. The Morgan fingerprint density at radius 1 is 1.39 bits per heavy atom. The average Bonchev–Trinajstić information content (AvgIpc) is 2.88. The van der Waals surface area contributed by atoms with Crippen molar-refractivity contribution in [2.75, 3.05) is 37.6 Å². The van der Waals surface area contributed by atoms with Crippen molar-refractivity contribution in [3.63, 3.8) is 0 Å². The number of carbonyl (C=O) groups is 2. The van der Waals surface area contributed by atoms with Crippen molar-refractivity contribution in [2.24, 2.45) is 5.92 Å². The number of thiazole rings is 1. The van der Waals surface area contributed by atoms with Gasteiger partial charge < -0.3 is 15.1 Å². The molecule has 1 N–H and O–H groups in total. The summed E-state index contributed by atoms with van der Waals surface area (Å²) in [5, 5.41) is 3.72. The second-order valence-corrected chi connectivity index (χ2v) is 7.19. The summed E-state index contributed by atoms with van der Waals surface area (Å²) in [6.45, 7) is 4.81. The number of fused-ring (bicyclic) bond motifs is 1. The molecule has 0 atom stereocenters. The molecule has 3 heterocycles. The predicted molar refractivity (Wildman–Crippen MR) is 89.6 cm³/mol. The smallest absolute Gasteiger partial charge is 0.239 e. The fourth-order valence-corrected chi connectivity index (χ4v) is 4.11. The van der Waals surface area contributed by atoms with Crippen LogP contribution in [-0.2, 0) is 9.59 Å². The minimum atomic E-state index is -0.0673. The van der Waals surface area contributed by atoms with Crippen molar-refractivity contribution in [3.8, 4) is 0 Å². The standard InChI is InChI=1S/C16H18N4O2S/c1-10-2-3-12-13(6-10)23-16(18-12)20-7-11(8-20)15(22)19-5-4-17-14(21)9-19/h2-3,6,11H,4-5,7-9H2,1H3,(H,17,21). The van der Waals surface area contributed by atoms with E-state index >= 15 is 0 Å². The number of aromatic nitrogens is 1. The number of anilines is 1. The van der Waals surface area contributed by atoms with Gasteiger partial charge in [-0.15, -0.1) is 0 Å². The molecule has 2 aliphatic heterocycles. The lowest BCUT2D eigenvalue weighted by atomic mass is 9.99. The van der Waals surface area contributed by atoms with Crippen LogP contribution in [0.5, 0.6) is 0 Å². The zero-order chi connectivity index (χ0) is 16.0. The Hall–Kier alpha value is -2.15. The summed E-state index contributed by atoms with van der Waals surface area (Å²) >= 11 is 1.67. The maximum atomic E-state index is 12.4. The van der Waals surface area contributed by atoms with Crippen LogP contribution in [-0.4, -0.2) is 54.4 Å². The van der Waals surface area contributed by atoms with Gasteiger partial charge in [0.1, 0.15) is 0 Å². The Labute approximate surface area is 138 Å². The van der Waals surface area contributed by atoms with Gasteiger partial charge in [0.05, 0.1) is 22.7 Å². The third kappa shape index (κ3) is 2.65. The van der Waals surface area contributed by atoms with Gasteiger partial charge in [0, 0.05) is 26.2 Å². The number of amides is 2. The van der Waals surface area contributed by atoms with Crippen LogP contribution in [0.3, 0.4) is 0 Å². The number of piperazine rings is 1. The number of nitrogens with one attached hydrogen (secondary N) is 1. The number of aryl methyl sites for hydroxylation is 1. The van der Waals surface area contributed by atoms with Gasteiger partial charge in [-0.05, 0) is 24.6 Å². The molecule has 120 valence electrons. The Kier molecular flexibility index (Phi) is 3.45.